The van der Waals surface area contributed by atoms with Crippen LogP contribution in [0.25, 0.3) is 0 Å². The second kappa shape index (κ2) is 5.07. The molecule has 0 aliphatic carbocycles. The molecule has 18 heavy (non-hydrogen) atoms. The minimum absolute atomic E-state index is 0.424. The van der Waals surface area contributed by atoms with Gasteiger partial charge in [-0.05, 0) is 6.08 Å². The van der Waals surface area contributed by atoms with Gasteiger partial charge in [-0.15, -0.1) is 0 Å². The Morgan fingerprint density at radius 2 is 1.89 bits per heavy atom. The van der Waals surface area contributed by atoms with Crippen LogP contribution in [0.5, 0.6) is 0 Å². The lowest BCUT2D eigenvalue weighted by molar-refractivity contribution is -0.252. The molecule has 0 aromatic carbocycles. The Morgan fingerprint density at radius 3 is 2.44 bits per heavy atom. The third kappa shape index (κ3) is 2.25. The van der Waals surface area contributed by atoms with E-state index in [1.165, 1.54) is 0 Å². The lowest BCUT2D eigenvalue weighted by Crippen LogP contribution is -2.63. The summed E-state index contributed by atoms with van der Waals surface area (Å²) < 4.78 is 5.16. The molecule has 1 fully saturated rings. The fourth-order valence-electron chi connectivity index (χ4n) is 2.01. The molecular weight excluding hydrogens is 242 g/mol. The van der Waals surface area contributed by atoms with Crippen molar-refractivity contribution < 1.29 is 30.0 Å². The van der Waals surface area contributed by atoms with Gasteiger partial charge in [0.25, 0.3) is 0 Å². The first-order chi connectivity index (χ1) is 8.52. The third-order valence-electron chi connectivity index (χ3n) is 3.00. The highest BCUT2D eigenvalue weighted by Crippen LogP contribution is 2.24. The van der Waals surface area contributed by atoms with Gasteiger partial charge in [0, 0.05) is 12.7 Å². The second-order valence-corrected chi connectivity index (χ2v) is 4.22. The molecule has 2 heterocycles. The number of carboxylic acid groups (broad SMARTS) is 1. The largest absolute Gasteiger partial charge is 0.479 e. The van der Waals surface area contributed by atoms with Crippen molar-refractivity contribution in [2.75, 3.05) is 6.54 Å². The number of aliphatic hydroxyl groups excluding tert-OH is 3. The Bertz CT molecular complexity index is 382. The molecule has 7 nitrogen and oxygen atoms in total. The van der Waals surface area contributed by atoms with Crippen molar-refractivity contribution in [3.63, 3.8) is 0 Å². The number of allylic oxidation sites excluding steroid dienone is 2. The molecule has 0 aromatic heterocycles. The van der Waals surface area contributed by atoms with Crippen LogP contribution in [0, 0.1) is 0 Å². The number of carbonyl (C=O) groups is 1. The van der Waals surface area contributed by atoms with Gasteiger partial charge in [-0.3, -0.25) is 0 Å². The summed E-state index contributed by atoms with van der Waals surface area (Å²) in [5.74, 6) is -1.38. The maximum atomic E-state index is 10.9. The van der Waals surface area contributed by atoms with Crippen LogP contribution >= 0.6 is 0 Å². The van der Waals surface area contributed by atoms with Gasteiger partial charge in [0.05, 0.1) is 0 Å². The van der Waals surface area contributed by atoms with Gasteiger partial charge in [-0.2, -0.15) is 0 Å². The van der Waals surface area contributed by atoms with E-state index in [-0.39, 0.29) is 0 Å². The highest BCUT2D eigenvalue weighted by Gasteiger charge is 2.48. The van der Waals surface area contributed by atoms with Crippen molar-refractivity contribution in [2.45, 2.75) is 30.6 Å². The molecule has 2 aliphatic rings. The van der Waals surface area contributed by atoms with Crippen molar-refractivity contribution >= 4 is 5.97 Å². The first-order valence-electron chi connectivity index (χ1n) is 5.54. The lowest BCUT2D eigenvalue weighted by Gasteiger charge is -2.43. The first-order valence-corrected chi connectivity index (χ1v) is 5.54. The summed E-state index contributed by atoms with van der Waals surface area (Å²) in [6.07, 6.45) is -0.258. The van der Waals surface area contributed by atoms with Crippen LogP contribution in [0.3, 0.4) is 0 Å². The van der Waals surface area contributed by atoms with E-state index >= 15 is 0 Å². The lowest BCUT2D eigenvalue weighted by atomic mass is 9.97. The fraction of sp³-hybridized carbons (Fsp3) is 0.545. The zero-order chi connectivity index (χ0) is 13.3. The smallest absolute Gasteiger partial charge is 0.335 e. The van der Waals surface area contributed by atoms with E-state index < -0.39 is 36.6 Å². The summed E-state index contributed by atoms with van der Waals surface area (Å²) in [7, 11) is 0. The predicted molar refractivity (Wildman–Crippen MR) is 59.3 cm³/mol. The van der Waals surface area contributed by atoms with Crippen LogP contribution in [0.15, 0.2) is 24.4 Å². The van der Waals surface area contributed by atoms with E-state index in [1.807, 2.05) is 0 Å². The van der Waals surface area contributed by atoms with Gasteiger partial charge in [0.15, 0.2) is 12.3 Å². The number of nitrogens with zero attached hydrogens (tertiary/aromatic N) is 1. The minimum atomic E-state index is -1.65. The fourth-order valence-corrected chi connectivity index (χ4v) is 2.01. The van der Waals surface area contributed by atoms with Crippen molar-refractivity contribution in [3.05, 3.63) is 24.4 Å². The topological polar surface area (TPSA) is 110 Å². The predicted octanol–water partition coefficient (Wildman–Crippen LogP) is -1.74. The highest BCUT2D eigenvalue weighted by atomic mass is 16.6. The molecule has 2 aliphatic heterocycles. The number of aliphatic hydroxyl groups is 3. The molecule has 4 N–H and O–H groups in total. The molecule has 0 aromatic rings. The van der Waals surface area contributed by atoms with E-state index in [0.717, 1.165) is 0 Å². The molecule has 0 saturated carbocycles. The number of ether oxygens (including phenoxy) is 1. The first kappa shape index (κ1) is 13.0. The zero-order valence-corrected chi connectivity index (χ0v) is 9.46. The monoisotopic (exact) mass is 257 g/mol. The van der Waals surface area contributed by atoms with Gasteiger partial charge in [0.1, 0.15) is 18.3 Å². The molecule has 5 unspecified atom stereocenters. The molecule has 1 saturated heterocycles. The van der Waals surface area contributed by atoms with Gasteiger partial charge in [-0.1, -0.05) is 12.2 Å². The molecule has 0 bridgehead atoms. The third-order valence-corrected chi connectivity index (χ3v) is 3.00. The van der Waals surface area contributed by atoms with E-state index in [1.54, 1.807) is 29.3 Å². The Morgan fingerprint density at radius 1 is 1.17 bits per heavy atom. The Balaban J connectivity index is 2.17. The molecule has 0 radical (unpaired) electrons. The van der Waals surface area contributed by atoms with Gasteiger partial charge in [0.2, 0.25) is 0 Å². The molecule has 0 amide bonds. The second-order valence-electron chi connectivity index (χ2n) is 4.22. The molecule has 2 rings (SSSR count). The quantitative estimate of drug-likeness (QED) is 0.465. The van der Waals surface area contributed by atoms with Crippen LogP contribution < -0.4 is 0 Å². The molecule has 0 spiro atoms. The van der Waals surface area contributed by atoms with Crippen molar-refractivity contribution in [1.82, 2.24) is 4.90 Å². The zero-order valence-electron chi connectivity index (χ0n) is 9.46. The molecular formula is C11H15NO6. The van der Waals surface area contributed by atoms with Gasteiger partial charge in [-0.25, -0.2) is 4.79 Å². The number of hydrogen-bond donors (Lipinski definition) is 4. The Hall–Kier alpha value is -1.41. The molecule has 7 heteroatoms. The maximum absolute atomic E-state index is 10.9. The van der Waals surface area contributed by atoms with E-state index in [9.17, 15) is 20.1 Å². The molecule has 100 valence electrons. The summed E-state index contributed by atoms with van der Waals surface area (Å²) in [5, 5.41) is 37.9. The highest BCUT2D eigenvalue weighted by molar-refractivity contribution is 5.73. The standard InChI is InChI=1S/C11H15NO6/c13-6-7(14)9(11(16)17)18-10(8(6)15)12-4-2-1-3-5-12/h1-4,6-10,13-15H,5H2,(H,16,17). The maximum Gasteiger partial charge on any atom is 0.335 e. The average molecular weight is 257 g/mol. The summed E-state index contributed by atoms with van der Waals surface area (Å²) in [5.41, 5.74) is 0. The summed E-state index contributed by atoms with van der Waals surface area (Å²) >= 11 is 0. The van der Waals surface area contributed by atoms with Crippen LogP contribution in [0.2, 0.25) is 0 Å². The number of hydrogen-bond acceptors (Lipinski definition) is 6. The van der Waals surface area contributed by atoms with Crippen molar-refractivity contribution in [2.24, 2.45) is 0 Å². The number of carboxylic acids is 1. The van der Waals surface area contributed by atoms with Crippen LogP contribution in [0.4, 0.5) is 0 Å². The average Bonchev–Trinajstić information content (AvgIpc) is 2.37. The van der Waals surface area contributed by atoms with Crippen LogP contribution in [0.1, 0.15) is 0 Å². The number of rotatable bonds is 2. The van der Waals surface area contributed by atoms with Crippen molar-refractivity contribution in [1.29, 1.82) is 0 Å². The van der Waals surface area contributed by atoms with Gasteiger partial charge < -0.3 is 30.1 Å². The van der Waals surface area contributed by atoms with Crippen LogP contribution in [-0.2, 0) is 9.53 Å². The number of aliphatic carboxylic acids is 1. The summed E-state index contributed by atoms with van der Waals surface area (Å²) in [4.78, 5) is 12.5. The van der Waals surface area contributed by atoms with Crippen LogP contribution in [-0.4, -0.2) is 68.5 Å². The minimum Gasteiger partial charge on any atom is -0.479 e. The SMILES string of the molecule is O=C(O)C1OC(N2C=CC=CC2)C(O)C(O)C1O. The van der Waals surface area contributed by atoms with E-state index in [2.05, 4.69) is 0 Å². The summed E-state index contributed by atoms with van der Waals surface area (Å²) in [6.45, 7) is 0.424. The van der Waals surface area contributed by atoms with Gasteiger partial charge >= 0.3 is 5.97 Å². The summed E-state index contributed by atoms with van der Waals surface area (Å²) in [6, 6.07) is 0. The Kier molecular flexibility index (Phi) is 3.67. The molecule has 5 atom stereocenters. The van der Waals surface area contributed by atoms with E-state index in [4.69, 9.17) is 9.84 Å². The Labute approximate surface area is 103 Å². The van der Waals surface area contributed by atoms with Crippen molar-refractivity contribution in [3.8, 4) is 0 Å². The normalized spacial score (nSPS) is 39.9. The van der Waals surface area contributed by atoms with E-state index in [0.29, 0.717) is 6.54 Å².